The van der Waals surface area contributed by atoms with E-state index in [0.717, 1.165) is 10.4 Å². The largest absolute Gasteiger partial charge is 0.427 e. The molecule has 0 fully saturated rings. The fraction of sp³-hybridized carbons (Fsp3) is 0.0667. The Morgan fingerprint density at radius 1 is 1.39 bits per heavy atom. The number of aromatic amines is 1. The minimum absolute atomic E-state index is 0.350. The van der Waals surface area contributed by atoms with Gasteiger partial charge in [-0.2, -0.15) is 14.9 Å². The van der Waals surface area contributed by atoms with Gasteiger partial charge in [0, 0.05) is 6.92 Å². The molecule has 0 saturated carbocycles. The highest BCUT2D eigenvalue weighted by Gasteiger charge is 2.08. The van der Waals surface area contributed by atoms with Crippen LogP contribution in [0.15, 0.2) is 46.9 Å². The molecular weight excluding hydrogens is 332 g/mol. The average molecular weight is 344 g/mol. The Kier molecular flexibility index (Phi) is 4.45. The molecular formula is C15H12N4O2S2. The van der Waals surface area contributed by atoms with Gasteiger partial charge in [0.1, 0.15) is 5.75 Å². The smallest absolute Gasteiger partial charge is 0.308 e. The van der Waals surface area contributed by atoms with Gasteiger partial charge < -0.3 is 4.74 Å². The standard InChI is InChI=1S/C15H12N4O2S2/c1-10(20)21-12-6-4-11(5-7-12)9-16-19-14(17-18-15(19)22)13-3-2-8-23-13/h2-9H,1H3,(H,18,22)/b16-9-. The van der Waals surface area contributed by atoms with Crippen LogP contribution in [0.3, 0.4) is 0 Å². The lowest BCUT2D eigenvalue weighted by Gasteiger charge is -2.01. The van der Waals surface area contributed by atoms with E-state index in [9.17, 15) is 4.79 Å². The summed E-state index contributed by atoms with van der Waals surface area (Å²) in [6, 6.07) is 10.9. The van der Waals surface area contributed by atoms with Crippen LogP contribution in [0.25, 0.3) is 10.7 Å². The van der Waals surface area contributed by atoms with Crippen LogP contribution in [0.2, 0.25) is 0 Å². The number of nitrogens with one attached hydrogen (secondary N) is 1. The molecule has 2 aromatic heterocycles. The summed E-state index contributed by atoms with van der Waals surface area (Å²) in [5.74, 6) is 0.809. The Morgan fingerprint density at radius 3 is 2.83 bits per heavy atom. The molecule has 0 bridgehead atoms. The quantitative estimate of drug-likeness (QED) is 0.340. The van der Waals surface area contributed by atoms with Gasteiger partial charge in [0.15, 0.2) is 5.82 Å². The molecule has 6 nitrogen and oxygen atoms in total. The number of nitrogens with zero attached hydrogens (tertiary/aromatic N) is 3. The highest BCUT2D eigenvalue weighted by molar-refractivity contribution is 7.71. The predicted octanol–water partition coefficient (Wildman–Crippen LogP) is 3.48. The topological polar surface area (TPSA) is 72.3 Å². The molecule has 3 aromatic rings. The number of benzene rings is 1. The van der Waals surface area contributed by atoms with Crippen molar-refractivity contribution in [2.24, 2.45) is 5.10 Å². The fourth-order valence-corrected chi connectivity index (χ4v) is 2.75. The minimum Gasteiger partial charge on any atom is -0.427 e. The first-order valence-corrected chi connectivity index (χ1v) is 7.96. The van der Waals surface area contributed by atoms with Gasteiger partial charge in [-0.05, 0) is 53.5 Å². The van der Waals surface area contributed by atoms with Crippen molar-refractivity contribution < 1.29 is 9.53 Å². The van der Waals surface area contributed by atoms with Crippen LogP contribution < -0.4 is 4.74 Å². The van der Waals surface area contributed by atoms with E-state index < -0.39 is 0 Å². The number of carbonyl (C=O) groups excluding carboxylic acids is 1. The molecule has 0 atom stereocenters. The first-order chi connectivity index (χ1) is 11.1. The molecule has 116 valence electrons. The second-order valence-corrected chi connectivity index (χ2v) is 5.88. The first kappa shape index (κ1) is 15.3. The predicted molar refractivity (Wildman–Crippen MR) is 91.5 cm³/mol. The van der Waals surface area contributed by atoms with E-state index in [1.807, 2.05) is 17.5 Å². The number of esters is 1. The average Bonchev–Trinajstić information content (AvgIpc) is 3.16. The summed E-state index contributed by atoms with van der Waals surface area (Å²) in [5.41, 5.74) is 0.848. The van der Waals surface area contributed by atoms with Crippen molar-refractivity contribution in [2.75, 3.05) is 0 Å². The second kappa shape index (κ2) is 6.67. The Balaban J connectivity index is 1.85. The second-order valence-electron chi connectivity index (χ2n) is 4.55. The highest BCUT2D eigenvalue weighted by Crippen LogP contribution is 2.22. The molecule has 8 heteroatoms. The maximum absolute atomic E-state index is 10.9. The Bertz CT molecular complexity index is 892. The zero-order chi connectivity index (χ0) is 16.2. The summed E-state index contributed by atoms with van der Waals surface area (Å²) in [5, 5.41) is 13.3. The maximum Gasteiger partial charge on any atom is 0.308 e. The number of rotatable bonds is 4. The molecule has 0 radical (unpaired) electrons. The summed E-state index contributed by atoms with van der Waals surface area (Å²) in [6.07, 6.45) is 1.67. The summed E-state index contributed by atoms with van der Waals surface area (Å²) in [7, 11) is 0. The number of aromatic nitrogens is 3. The molecule has 0 aliphatic heterocycles. The maximum atomic E-state index is 10.9. The first-order valence-electron chi connectivity index (χ1n) is 6.67. The van der Waals surface area contributed by atoms with Gasteiger partial charge in [-0.1, -0.05) is 6.07 Å². The highest BCUT2D eigenvalue weighted by atomic mass is 32.1. The van der Waals surface area contributed by atoms with Crippen LogP contribution in [0, 0.1) is 4.77 Å². The van der Waals surface area contributed by atoms with E-state index in [4.69, 9.17) is 17.0 Å². The molecule has 1 aromatic carbocycles. The van der Waals surface area contributed by atoms with Gasteiger partial charge in [-0.3, -0.25) is 4.79 Å². The van der Waals surface area contributed by atoms with Crippen molar-refractivity contribution in [2.45, 2.75) is 6.92 Å². The molecule has 0 saturated heterocycles. The third kappa shape index (κ3) is 3.61. The van der Waals surface area contributed by atoms with Crippen molar-refractivity contribution in [3.63, 3.8) is 0 Å². The van der Waals surface area contributed by atoms with Crippen LogP contribution >= 0.6 is 23.6 Å². The molecule has 0 unspecified atom stereocenters. The summed E-state index contributed by atoms with van der Waals surface area (Å²) < 4.78 is 6.98. The normalized spacial score (nSPS) is 11.0. The number of hydrogen-bond acceptors (Lipinski definition) is 6. The van der Waals surface area contributed by atoms with Gasteiger partial charge >= 0.3 is 5.97 Å². The number of hydrogen-bond donors (Lipinski definition) is 1. The van der Waals surface area contributed by atoms with Crippen molar-refractivity contribution in [3.05, 3.63) is 52.1 Å². The molecule has 3 rings (SSSR count). The molecule has 1 N–H and O–H groups in total. The molecule has 0 aliphatic carbocycles. The minimum atomic E-state index is -0.350. The SMILES string of the molecule is CC(=O)Oc1ccc(/C=N\n2c(-c3cccs3)n[nH]c2=S)cc1. The zero-order valence-electron chi connectivity index (χ0n) is 12.1. The van der Waals surface area contributed by atoms with Crippen LogP contribution in [0.5, 0.6) is 5.75 Å². The number of H-pyrrole nitrogens is 1. The van der Waals surface area contributed by atoms with Crippen LogP contribution in [-0.2, 0) is 4.79 Å². The number of carbonyl (C=O) groups is 1. The summed E-state index contributed by atoms with van der Waals surface area (Å²) >= 11 is 6.77. The molecule has 0 aliphatic rings. The van der Waals surface area contributed by atoms with E-state index in [2.05, 4.69) is 15.3 Å². The van der Waals surface area contributed by atoms with E-state index in [-0.39, 0.29) is 5.97 Å². The van der Waals surface area contributed by atoms with Gasteiger partial charge in [-0.15, -0.1) is 11.3 Å². The van der Waals surface area contributed by atoms with Crippen LogP contribution in [0.1, 0.15) is 12.5 Å². The van der Waals surface area contributed by atoms with E-state index >= 15 is 0 Å². The van der Waals surface area contributed by atoms with E-state index in [0.29, 0.717) is 16.3 Å². The fourth-order valence-electron chi connectivity index (χ4n) is 1.88. The Hall–Kier alpha value is -2.58. The van der Waals surface area contributed by atoms with Gasteiger partial charge in [0.25, 0.3) is 0 Å². The van der Waals surface area contributed by atoms with Crippen molar-refractivity contribution in [3.8, 4) is 16.5 Å². The van der Waals surface area contributed by atoms with Gasteiger partial charge in [-0.25, -0.2) is 5.10 Å². The van der Waals surface area contributed by atoms with Crippen LogP contribution in [-0.4, -0.2) is 27.1 Å². The molecule has 23 heavy (non-hydrogen) atoms. The molecule has 0 spiro atoms. The monoisotopic (exact) mass is 344 g/mol. The Morgan fingerprint density at radius 2 is 2.17 bits per heavy atom. The third-order valence-corrected chi connectivity index (χ3v) is 3.99. The summed E-state index contributed by atoms with van der Waals surface area (Å²) in [6.45, 7) is 1.36. The molecule has 2 heterocycles. The van der Waals surface area contributed by atoms with E-state index in [1.54, 1.807) is 46.5 Å². The Labute approximate surface area is 141 Å². The summed E-state index contributed by atoms with van der Waals surface area (Å²) in [4.78, 5) is 11.9. The van der Waals surface area contributed by atoms with E-state index in [1.165, 1.54) is 6.92 Å². The van der Waals surface area contributed by atoms with Crippen molar-refractivity contribution in [1.82, 2.24) is 14.9 Å². The van der Waals surface area contributed by atoms with Gasteiger partial charge in [0.05, 0.1) is 11.1 Å². The lowest BCUT2D eigenvalue weighted by atomic mass is 10.2. The third-order valence-electron chi connectivity index (χ3n) is 2.86. The van der Waals surface area contributed by atoms with Crippen LogP contribution in [0.4, 0.5) is 0 Å². The van der Waals surface area contributed by atoms with Gasteiger partial charge in [0.2, 0.25) is 4.77 Å². The number of ether oxygens (including phenoxy) is 1. The number of thiophene rings is 1. The zero-order valence-corrected chi connectivity index (χ0v) is 13.7. The lowest BCUT2D eigenvalue weighted by Crippen LogP contribution is -2.01. The van der Waals surface area contributed by atoms with Crippen molar-refractivity contribution >= 4 is 35.7 Å². The lowest BCUT2D eigenvalue weighted by molar-refractivity contribution is -0.131. The molecule has 0 amide bonds. The van der Waals surface area contributed by atoms with Crippen molar-refractivity contribution in [1.29, 1.82) is 0 Å².